The Balaban J connectivity index is 1.80. The van der Waals surface area contributed by atoms with Crippen molar-refractivity contribution >= 4 is 11.5 Å². The molecule has 0 saturated heterocycles. The van der Waals surface area contributed by atoms with Gasteiger partial charge in [0.2, 0.25) is 0 Å². The molecule has 2 aromatic rings. The summed E-state index contributed by atoms with van der Waals surface area (Å²) in [7, 11) is 0. The Morgan fingerprint density at radius 2 is 2.10 bits per heavy atom. The predicted molar refractivity (Wildman–Crippen MR) is 78.0 cm³/mol. The van der Waals surface area contributed by atoms with Crippen LogP contribution in [0.25, 0.3) is 5.65 Å². The fourth-order valence-electron chi connectivity index (χ4n) is 2.92. The summed E-state index contributed by atoms with van der Waals surface area (Å²) in [6.45, 7) is 6.47. The van der Waals surface area contributed by atoms with Crippen LogP contribution in [0.3, 0.4) is 0 Å². The maximum Gasteiger partial charge on any atom is 0.349 e. The lowest BCUT2D eigenvalue weighted by Gasteiger charge is -2.34. The van der Waals surface area contributed by atoms with E-state index in [9.17, 15) is 4.79 Å². The van der Waals surface area contributed by atoms with Crippen LogP contribution in [0.5, 0.6) is 0 Å². The Hall–Kier alpha value is -1.85. The van der Waals surface area contributed by atoms with Crippen LogP contribution < -0.4 is 11.0 Å². The Bertz CT molecular complexity index is 674. The lowest BCUT2D eigenvalue weighted by atomic mass is 9.75. The Morgan fingerprint density at radius 1 is 1.40 bits per heavy atom. The van der Waals surface area contributed by atoms with Gasteiger partial charge in [-0.1, -0.05) is 13.8 Å². The van der Waals surface area contributed by atoms with Crippen molar-refractivity contribution in [1.29, 1.82) is 0 Å². The van der Waals surface area contributed by atoms with Gasteiger partial charge >= 0.3 is 5.69 Å². The van der Waals surface area contributed by atoms with E-state index in [1.54, 1.807) is 0 Å². The summed E-state index contributed by atoms with van der Waals surface area (Å²) in [6.07, 6.45) is 4.78. The average Bonchev–Trinajstić information content (AvgIpc) is 2.74. The number of aryl methyl sites for hydroxylation is 1. The summed E-state index contributed by atoms with van der Waals surface area (Å²) in [5.41, 5.74) is 0.832. The first-order valence-corrected chi connectivity index (χ1v) is 7.16. The first-order valence-electron chi connectivity index (χ1n) is 7.16. The highest BCUT2D eigenvalue weighted by molar-refractivity contribution is 5.50. The molecule has 2 aromatic heterocycles. The highest BCUT2D eigenvalue weighted by atomic mass is 16.1. The van der Waals surface area contributed by atoms with E-state index < -0.39 is 0 Å². The summed E-state index contributed by atoms with van der Waals surface area (Å²) in [4.78, 5) is 16.0. The molecule has 0 amide bonds. The number of H-pyrrole nitrogens is 1. The predicted octanol–water partition coefficient (Wildman–Crippen LogP) is 2.11. The second-order valence-corrected chi connectivity index (χ2v) is 6.49. The van der Waals surface area contributed by atoms with Gasteiger partial charge in [-0.05, 0) is 38.0 Å². The molecule has 2 N–H and O–H groups in total. The quantitative estimate of drug-likeness (QED) is 0.880. The van der Waals surface area contributed by atoms with E-state index in [4.69, 9.17) is 0 Å². The third kappa shape index (κ3) is 2.42. The van der Waals surface area contributed by atoms with Gasteiger partial charge in [0.25, 0.3) is 0 Å². The Kier molecular flexibility index (Phi) is 3.03. The molecule has 1 aliphatic rings. The van der Waals surface area contributed by atoms with Crippen molar-refractivity contribution in [2.24, 2.45) is 5.41 Å². The minimum Gasteiger partial charge on any atom is -0.367 e. The first kappa shape index (κ1) is 13.1. The molecule has 0 radical (unpaired) electrons. The third-order valence-electron chi connectivity index (χ3n) is 4.26. The van der Waals surface area contributed by atoms with Gasteiger partial charge in [-0.2, -0.15) is 5.10 Å². The third-order valence-corrected chi connectivity index (χ3v) is 4.26. The van der Waals surface area contributed by atoms with Gasteiger partial charge in [-0.25, -0.2) is 19.3 Å². The zero-order valence-corrected chi connectivity index (χ0v) is 12.2. The topological polar surface area (TPSA) is 75.1 Å². The number of hydrogen-bond donors (Lipinski definition) is 2. The van der Waals surface area contributed by atoms with Crippen LogP contribution in [0, 0.1) is 12.3 Å². The van der Waals surface area contributed by atoms with E-state index in [0.717, 1.165) is 18.7 Å². The smallest absolute Gasteiger partial charge is 0.349 e. The molecular weight excluding hydrogens is 254 g/mol. The molecule has 0 aromatic carbocycles. The standard InChI is InChI=1S/C14H21N5O/c1-9-15-11(8-12-17-18-13(20)19(9)12)16-10-4-6-14(2,3)7-5-10/h8,10,16H,4-7H2,1-3H3,(H,18,20). The second-order valence-electron chi connectivity index (χ2n) is 6.49. The molecule has 0 spiro atoms. The highest BCUT2D eigenvalue weighted by Gasteiger charge is 2.26. The van der Waals surface area contributed by atoms with Crippen molar-refractivity contribution in [3.63, 3.8) is 0 Å². The van der Waals surface area contributed by atoms with Crippen LogP contribution in [-0.2, 0) is 0 Å². The lowest BCUT2D eigenvalue weighted by molar-refractivity contribution is 0.232. The number of anilines is 1. The van der Waals surface area contributed by atoms with Gasteiger partial charge in [0, 0.05) is 12.1 Å². The van der Waals surface area contributed by atoms with Crippen molar-refractivity contribution in [2.75, 3.05) is 5.32 Å². The van der Waals surface area contributed by atoms with Gasteiger partial charge in [-0.15, -0.1) is 0 Å². The van der Waals surface area contributed by atoms with E-state index in [2.05, 4.69) is 34.3 Å². The maximum atomic E-state index is 11.6. The SMILES string of the molecule is Cc1nc(NC2CCC(C)(C)CC2)cc2n[nH]c(=O)n12. The Labute approximate surface area is 117 Å². The largest absolute Gasteiger partial charge is 0.367 e. The molecule has 0 bridgehead atoms. The van der Waals surface area contributed by atoms with E-state index in [-0.39, 0.29) is 5.69 Å². The van der Waals surface area contributed by atoms with Crippen molar-refractivity contribution in [3.8, 4) is 0 Å². The fourth-order valence-corrected chi connectivity index (χ4v) is 2.92. The van der Waals surface area contributed by atoms with Gasteiger partial charge in [0.15, 0.2) is 5.65 Å². The number of aromatic nitrogens is 4. The molecule has 0 atom stereocenters. The molecule has 1 aliphatic carbocycles. The first-order chi connectivity index (χ1) is 9.44. The van der Waals surface area contributed by atoms with E-state index >= 15 is 0 Å². The molecule has 1 fully saturated rings. The summed E-state index contributed by atoms with van der Waals surface area (Å²) < 4.78 is 1.48. The zero-order chi connectivity index (χ0) is 14.3. The normalized spacial score (nSPS) is 19.4. The molecule has 20 heavy (non-hydrogen) atoms. The molecule has 6 heteroatoms. The lowest BCUT2D eigenvalue weighted by Crippen LogP contribution is -2.30. The van der Waals surface area contributed by atoms with Crippen molar-refractivity contribution in [1.82, 2.24) is 19.6 Å². The zero-order valence-electron chi connectivity index (χ0n) is 12.2. The average molecular weight is 275 g/mol. The molecule has 2 heterocycles. The van der Waals surface area contributed by atoms with Crippen LogP contribution in [0.1, 0.15) is 45.4 Å². The summed E-state index contributed by atoms with van der Waals surface area (Å²) in [6, 6.07) is 2.29. The minimum absolute atomic E-state index is 0.240. The molecule has 3 rings (SSSR count). The van der Waals surface area contributed by atoms with Crippen molar-refractivity contribution in [3.05, 3.63) is 22.4 Å². The van der Waals surface area contributed by atoms with Crippen LogP contribution in [0.2, 0.25) is 0 Å². The fraction of sp³-hybridized carbons (Fsp3) is 0.643. The van der Waals surface area contributed by atoms with Gasteiger partial charge in [-0.3, -0.25) is 0 Å². The number of nitrogens with zero attached hydrogens (tertiary/aromatic N) is 3. The molecule has 1 saturated carbocycles. The van der Waals surface area contributed by atoms with Gasteiger partial charge < -0.3 is 5.32 Å². The molecular formula is C14H21N5O. The van der Waals surface area contributed by atoms with E-state index in [0.29, 0.717) is 22.9 Å². The number of rotatable bonds is 2. The molecule has 108 valence electrons. The van der Waals surface area contributed by atoms with Crippen LogP contribution in [0.15, 0.2) is 10.9 Å². The molecule has 6 nitrogen and oxygen atoms in total. The van der Waals surface area contributed by atoms with Crippen molar-refractivity contribution in [2.45, 2.75) is 52.5 Å². The second kappa shape index (κ2) is 4.61. The highest BCUT2D eigenvalue weighted by Crippen LogP contribution is 2.35. The number of hydrogen-bond acceptors (Lipinski definition) is 4. The summed E-state index contributed by atoms with van der Waals surface area (Å²) in [5.74, 6) is 1.46. The van der Waals surface area contributed by atoms with E-state index in [1.165, 1.54) is 17.2 Å². The van der Waals surface area contributed by atoms with Crippen LogP contribution >= 0.6 is 0 Å². The number of nitrogens with one attached hydrogen (secondary N) is 2. The Morgan fingerprint density at radius 3 is 2.80 bits per heavy atom. The number of aromatic amines is 1. The van der Waals surface area contributed by atoms with Crippen LogP contribution in [-0.4, -0.2) is 25.6 Å². The minimum atomic E-state index is -0.240. The maximum absolute atomic E-state index is 11.6. The number of fused-ring (bicyclic) bond motifs is 1. The molecule has 0 unspecified atom stereocenters. The summed E-state index contributed by atoms with van der Waals surface area (Å²) in [5, 5.41) is 9.93. The summed E-state index contributed by atoms with van der Waals surface area (Å²) >= 11 is 0. The van der Waals surface area contributed by atoms with Crippen LogP contribution in [0.4, 0.5) is 5.82 Å². The van der Waals surface area contributed by atoms with Gasteiger partial charge in [0.1, 0.15) is 11.6 Å². The monoisotopic (exact) mass is 275 g/mol. The van der Waals surface area contributed by atoms with Gasteiger partial charge in [0.05, 0.1) is 0 Å². The van der Waals surface area contributed by atoms with E-state index in [1.807, 2.05) is 13.0 Å². The molecule has 0 aliphatic heterocycles. The van der Waals surface area contributed by atoms with Crippen molar-refractivity contribution < 1.29 is 0 Å².